The van der Waals surface area contributed by atoms with Gasteiger partial charge in [0.05, 0.1) is 10.2 Å². The summed E-state index contributed by atoms with van der Waals surface area (Å²) in [7, 11) is 1.66. The normalized spacial score (nSPS) is 12.5. The standard InChI is InChI=1S/C10H14INO2/c1-7(6-13-2)14-10-4-3-8(12)5-9(10)11/h3-5,7H,6,12H2,1-2H3. The van der Waals surface area contributed by atoms with Crippen molar-refractivity contribution in [3.8, 4) is 5.75 Å². The van der Waals surface area contributed by atoms with E-state index >= 15 is 0 Å². The zero-order chi connectivity index (χ0) is 10.6. The number of anilines is 1. The first-order valence-corrected chi connectivity index (χ1v) is 5.42. The molecule has 0 fully saturated rings. The molecule has 0 amide bonds. The van der Waals surface area contributed by atoms with Gasteiger partial charge in [0.2, 0.25) is 0 Å². The summed E-state index contributed by atoms with van der Waals surface area (Å²) in [6.07, 6.45) is 0.0529. The topological polar surface area (TPSA) is 44.5 Å². The minimum absolute atomic E-state index is 0.0529. The maximum absolute atomic E-state index is 5.65. The van der Waals surface area contributed by atoms with Crippen molar-refractivity contribution in [3.63, 3.8) is 0 Å². The second-order valence-corrected chi connectivity index (χ2v) is 4.24. The Hall–Kier alpha value is -0.490. The second-order valence-electron chi connectivity index (χ2n) is 3.07. The van der Waals surface area contributed by atoms with Gasteiger partial charge in [-0.25, -0.2) is 0 Å². The highest BCUT2D eigenvalue weighted by Crippen LogP contribution is 2.23. The molecule has 0 saturated carbocycles. The third-order valence-corrected chi connectivity index (χ3v) is 2.53. The van der Waals surface area contributed by atoms with Gasteiger partial charge in [-0.05, 0) is 47.7 Å². The number of hydrogen-bond acceptors (Lipinski definition) is 3. The molecule has 0 saturated heterocycles. The summed E-state index contributed by atoms with van der Waals surface area (Å²) in [6.45, 7) is 2.55. The van der Waals surface area contributed by atoms with Crippen molar-refractivity contribution in [2.24, 2.45) is 0 Å². The molecule has 4 heteroatoms. The lowest BCUT2D eigenvalue weighted by atomic mass is 10.3. The van der Waals surface area contributed by atoms with Crippen LogP contribution in [-0.2, 0) is 4.74 Å². The molecule has 0 aliphatic heterocycles. The quantitative estimate of drug-likeness (QED) is 0.686. The molecule has 78 valence electrons. The summed E-state index contributed by atoms with van der Waals surface area (Å²) in [5.74, 6) is 0.851. The summed E-state index contributed by atoms with van der Waals surface area (Å²) >= 11 is 2.20. The number of benzene rings is 1. The lowest BCUT2D eigenvalue weighted by Crippen LogP contribution is -2.18. The summed E-state index contributed by atoms with van der Waals surface area (Å²) in [4.78, 5) is 0. The smallest absolute Gasteiger partial charge is 0.133 e. The van der Waals surface area contributed by atoms with Gasteiger partial charge in [0.25, 0.3) is 0 Å². The number of halogens is 1. The Morgan fingerprint density at radius 1 is 1.50 bits per heavy atom. The summed E-state index contributed by atoms with van der Waals surface area (Å²) in [5.41, 5.74) is 6.38. The van der Waals surface area contributed by atoms with Gasteiger partial charge in [-0.1, -0.05) is 0 Å². The van der Waals surface area contributed by atoms with Crippen LogP contribution in [0.2, 0.25) is 0 Å². The molecule has 3 nitrogen and oxygen atoms in total. The Kier molecular flexibility index (Phi) is 4.47. The third-order valence-electron chi connectivity index (χ3n) is 1.69. The van der Waals surface area contributed by atoms with Gasteiger partial charge >= 0.3 is 0 Å². The second kappa shape index (κ2) is 5.41. The van der Waals surface area contributed by atoms with E-state index in [1.807, 2.05) is 25.1 Å². The Morgan fingerprint density at radius 2 is 2.21 bits per heavy atom. The Morgan fingerprint density at radius 3 is 2.79 bits per heavy atom. The Balaban J connectivity index is 2.67. The average Bonchev–Trinajstić information content (AvgIpc) is 2.10. The van der Waals surface area contributed by atoms with Crippen LogP contribution in [0.4, 0.5) is 5.69 Å². The SMILES string of the molecule is COCC(C)Oc1ccc(N)cc1I. The molecule has 0 heterocycles. The maximum Gasteiger partial charge on any atom is 0.133 e. The van der Waals surface area contributed by atoms with Gasteiger partial charge < -0.3 is 15.2 Å². The van der Waals surface area contributed by atoms with Crippen LogP contribution in [0, 0.1) is 3.57 Å². The van der Waals surface area contributed by atoms with Crippen molar-refractivity contribution < 1.29 is 9.47 Å². The van der Waals surface area contributed by atoms with E-state index in [1.54, 1.807) is 7.11 Å². The van der Waals surface area contributed by atoms with Crippen molar-refractivity contribution in [2.75, 3.05) is 19.5 Å². The van der Waals surface area contributed by atoms with E-state index in [9.17, 15) is 0 Å². The van der Waals surface area contributed by atoms with E-state index in [0.29, 0.717) is 6.61 Å². The highest BCUT2D eigenvalue weighted by molar-refractivity contribution is 14.1. The van der Waals surface area contributed by atoms with Crippen LogP contribution in [0.15, 0.2) is 18.2 Å². The number of hydrogen-bond donors (Lipinski definition) is 1. The fraction of sp³-hybridized carbons (Fsp3) is 0.400. The molecule has 1 unspecified atom stereocenters. The summed E-state index contributed by atoms with van der Waals surface area (Å²) < 4.78 is 11.7. The zero-order valence-electron chi connectivity index (χ0n) is 8.29. The predicted octanol–water partition coefficient (Wildman–Crippen LogP) is 2.29. The molecule has 0 radical (unpaired) electrons. The molecular weight excluding hydrogens is 293 g/mol. The molecule has 0 bridgehead atoms. The van der Waals surface area contributed by atoms with E-state index in [1.165, 1.54) is 0 Å². The highest BCUT2D eigenvalue weighted by atomic mass is 127. The van der Waals surface area contributed by atoms with Crippen LogP contribution in [0.3, 0.4) is 0 Å². The molecule has 14 heavy (non-hydrogen) atoms. The van der Waals surface area contributed by atoms with E-state index in [4.69, 9.17) is 15.2 Å². The Bertz CT molecular complexity index is 304. The molecule has 0 aliphatic rings. The number of rotatable bonds is 4. The minimum atomic E-state index is 0.0529. The molecule has 1 aromatic carbocycles. The first-order chi connectivity index (χ1) is 6.63. The Labute approximate surface area is 97.7 Å². The van der Waals surface area contributed by atoms with Gasteiger partial charge in [-0.15, -0.1) is 0 Å². The van der Waals surface area contributed by atoms with Crippen molar-refractivity contribution in [1.82, 2.24) is 0 Å². The number of methoxy groups -OCH3 is 1. The average molecular weight is 307 g/mol. The monoisotopic (exact) mass is 307 g/mol. The van der Waals surface area contributed by atoms with Gasteiger partial charge in [0, 0.05) is 12.8 Å². The molecule has 1 atom stereocenters. The van der Waals surface area contributed by atoms with Gasteiger partial charge in [0.15, 0.2) is 0 Å². The van der Waals surface area contributed by atoms with Gasteiger partial charge in [0.1, 0.15) is 11.9 Å². The van der Waals surface area contributed by atoms with Gasteiger partial charge in [-0.2, -0.15) is 0 Å². The summed E-state index contributed by atoms with van der Waals surface area (Å²) in [5, 5.41) is 0. The van der Waals surface area contributed by atoms with Crippen molar-refractivity contribution in [1.29, 1.82) is 0 Å². The molecule has 2 N–H and O–H groups in total. The molecule has 0 spiro atoms. The van der Waals surface area contributed by atoms with Crippen LogP contribution in [0.1, 0.15) is 6.92 Å². The first-order valence-electron chi connectivity index (χ1n) is 4.34. The van der Waals surface area contributed by atoms with Crippen molar-refractivity contribution in [2.45, 2.75) is 13.0 Å². The predicted molar refractivity (Wildman–Crippen MR) is 65.5 cm³/mol. The van der Waals surface area contributed by atoms with Crippen LogP contribution in [-0.4, -0.2) is 19.8 Å². The van der Waals surface area contributed by atoms with Crippen molar-refractivity contribution >= 4 is 28.3 Å². The zero-order valence-corrected chi connectivity index (χ0v) is 10.4. The largest absolute Gasteiger partial charge is 0.487 e. The van der Waals surface area contributed by atoms with Crippen LogP contribution >= 0.6 is 22.6 Å². The highest BCUT2D eigenvalue weighted by Gasteiger charge is 2.06. The van der Waals surface area contributed by atoms with E-state index in [-0.39, 0.29) is 6.10 Å². The molecular formula is C10H14INO2. The van der Waals surface area contributed by atoms with E-state index < -0.39 is 0 Å². The number of ether oxygens (including phenoxy) is 2. The molecule has 0 aromatic heterocycles. The maximum atomic E-state index is 5.65. The third kappa shape index (κ3) is 3.34. The number of nitrogens with two attached hydrogens (primary N) is 1. The molecule has 1 aromatic rings. The number of nitrogen functional groups attached to an aromatic ring is 1. The minimum Gasteiger partial charge on any atom is -0.487 e. The van der Waals surface area contributed by atoms with Crippen LogP contribution in [0.5, 0.6) is 5.75 Å². The first kappa shape index (κ1) is 11.6. The fourth-order valence-corrected chi connectivity index (χ4v) is 1.76. The van der Waals surface area contributed by atoms with Gasteiger partial charge in [-0.3, -0.25) is 0 Å². The van der Waals surface area contributed by atoms with E-state index in [0.717, 1.165) is 15.0 Å². The van der Waals surface area contributed by atoms with Crippen LogP contribution < -0.4 is 10.5 Å². The molecule has 0 aliphatic carbocycles. The molecule has 1 rings (SSSR count). The fourth-order valence-electron chi connectivity index (χ4n) is 1.10. The van der Waals surface area contributed by atoms with Crippen LogP contribution in [0.25, 0.3) is 0 Å². The summed E-state index contributed by atoms with van der Waals surface area (Å²) in [6, 6.07) is 5.59. The van der Waals surface area contributed by atoms with E-state index in [2.05, 4.69) is 22.6 Å². The van der Waals surface area contributed by atoms with Crippen molar-refractivity contribution in [3.05, 3.63) is 21.8 Å². The lowest BCUT2D eigenvalue weighted by Gasteiger charge is -2.15. The lowest BCUT2D eigenvalue weighted by molar-refractivity contribution is 0.0915.